The number of nitrogens with zero attached hydrogens (tertiary/aromatic N) is 2. The van der Waals surface area contributed by atoms with Crippen molar-refractivity contribution < 1.29 is 27.2 Å². The fraction of sp³-hybridized carbons (Fsp3) is 0.462. The van der Waals surface area contributed by atoms with Crippen molar-refractivity contribution in [2.24, 2.45) is 0 Å². The van der Waals surface area contributed by atoms with E-state index in [2.05, 4.69) is 31.3 Å². The SMILES string of the molecule is CC(=O)N1CC(F)(C(=O)N(C)C(c2ccc(NC3Cc4ccccc4C3(C)C)cc2)C(F)(F)F)C1. The van der Waals surface area contributed by atoms with E-state index in [0.29, 0.717) is 10.6 Å². The molecule has 2 amide bonds. The van der Waals surface area contributed by atoms with Gasteiger partial charge in [-0.2, -0.15) is 13.2 Å². The highest BCUT2D eigenvalue weighted by atomic mass is 19.4. The summed E-state index contributed by atoms with van der Waals surface area (Å²) in [4.78, 5) is 25.5. The molecule has 35 heavy (non-hydrogen) atoms. The number of alkyl halides is 4. The van der Waals surface area contributed by atoms with Crippen molar-refractivity contribution in [1.82, 2.24) is 9.80 Å². The van der Waals surface area contributed by atoms with E-state index in [9.17, 15) is 27.2 Å². The van der Waals surface area contributed by atoms with Crippen molar-refractivity contribution in [3.05, 3.63) is 65.2 Å². The van der Waals surface area contributed by atoms with Gasteiger partial charge in [0.2, 0.25) is 11.6 Å². The van der Waals surface area contributed by atoms with Crippen LogP contribution in [-0.2, 0) is 21.4 Å². The first-order valence-corrected chi connectivity index (χ1v) is 11.5. The first-order valence-electron chi connectivity index (χ1n) is 11.5. The summed E-state index contributed by atoms with van der Waals surface area (Å²) in [5.41, 5.74) is 0.290. The third-order valence-corrected chi connectivity index (χ3v) is 7.30. The Morgan fingerprint density at radius 2 is 1.69 bits per heavy atom. The lowest BCUT2D eigenvalue weighted by molar-refractivity contribution is -0.198. The van der Waals surface area contributed by atoms with Gasteiger partial charge in [-0.3, -0.25) is 9.59 Å². The Morgan fingerprint density at radius 3 is 2.23 bits per heavy atom. The molecule has 4 rings (SSSR count). The predicted octanol–water partition coefficient (Wildman–Crippen LogP) is 4.63. The second kappa shape index (κ2) is 8.53. The van der Waals surface area contributed by atoms with Crippen molar-refractivity contribution >= 4 is 17.5 Å². The molecule has 2 atom stereocenters. The first-order chi connectivity index (χ1) is 16.2. The minimum Gasteiger partial charge on any atom is -0.381 e. The van der Waals surface area contributed by atoms with Crippen molar-refractivity contribution in [1.29, 1.82) is 0 Å². The molecule has 0 spiro atoms. The van der Waals surface area contributed by atoms with Gasteiger partial charge in [-0.1, -0.05) is 50.2 Å². The minimum absolute atomic E-state index is 0.0580. The number of rotatable bonds is 5. The fourth-order valence-electron chi connectivity index (χ4n) is 5.17. The van der Waals surface area contributed by atoms with E-state index in [-0.39, 0.29) is 17.0 Å². The summed E-state index contributed by atoms with van der Waals surface area (Å²) in [6, 6.07) is 11.6. The smallest absolute Gasteiger partial charge is 0.381 e. The number of likely N-dealkylation sites (tertiary alicyclic amines) is 1. The lowest BCUT2D eigenvalue weighted by atomic mass is 9.83. The molecule has 2 unspecified atom stereocenters. The number of halogens is 4. The summed E-state index contributed by atoms with van der Waals surface area (Å²) < 4.78 is 57.0. The monoisotopic (exact) mass is 491 g/mol. The molecule has 0 saturated carbocycles. The number of hydrogen-bond acceptors (Lipinski definition) is 3. The van der Waals surface area contributed by atoms with Gasteiger partial charge in [0.15, 0.2) is 6.04 Å². The maximum atomic E-state index is 14.9. The number of nitrogens with one attached hydrogen (secondary N) is 1. The molecule has 5 nitrogen and oxygen atoms in total. The van der Waals surface area contributed by atoms with Gasteiger partial charge < -0.3 is 15.1 Å². The van der Waals surface area contributed by atoms with Gasteiger partial charge in [0.25, 0.3) is 5.91 Å². The number of benzene rings is 2. The molecule has 0 radical (unpaired) electrons. The molecule has 2 aromatic rings. The lowest BCUT2D eigenvalue weighted by Crippen LogP contribution is -2.67. The van der Waals surface area contributed by atoms with E-state index in [0.717, 1.165) is 18.4 Å². The molecule has 9 heteroatoms. The van der Waals surface area contributed by atoms with E-state index < -0.39 is 42.8 Å². The summed E-state index contributed by atoms with van der Waals surface area (Å²) in [5.74, 6) is -1.72. The van der Waals surface area contributed by atoms with E-state index in [1.165, 1.54) is 30.2 Å². The van der Waals surface area contributed by atoms with Gasteiger partial charge >= 0.3 is 6.18 Å². The molecule has 0 aromatic heterocycles. The summed E-state index contributed by atoms with van der Waals surface area (Å²) in [6.45, 7) is 4.39. The van der Waals surface area contributed by atoms with Gasteiger partial charge in [-0.25, -0.2) is 4.39 Å². The van der Waals surface area contributed by atoms with Gasteiger partial charge in [-0.05, 0) is 35.2 Å². The molecular formula is C26H29F4N3O2. The normalized spacial score (nSPS) is 21.0. The van der Waals surface area contributed by atoms with Crippen LogP contribution in [0, 0.1) is 0 Å². The Hall–Kier alpha value is -3.10. The van der Waals surface area contributed by atoms with Crippen LogP contribution >= 0.6 is 0 Å². The van der Waals surface area contributed by atoms with Crippen molar-refractivity contribution in [2.75, 3.05) is 25.5 Å². The maximum Gasteiger partial charge on any atom is 0.413 e. The summed E-state index contributed by atoms with van der Waals surface area (Å²) in [5, 5.41) is 3.43. The standard InChI is InChI=1S/C26H29F4N3O2/c1-16(34)33-14-25(27,15-33)23(35)32(4)22(26(28,29)30)17-9-11-19(12-10-17)31-21-13-18-7-5-6-8-20(18)24(21,2)3/h5-12,21-22,31H,13-15H2,1-4H3. The zero-order valence-electron chi connectivity index (χ0n) is 20.1. The number of fused-ring (bicyclic) bond motifs is 1. The highest BCUT2D eigenvalue weighted by Crippen LogP contribution is 2.42. The molecule has 1 N–H and O–H groups in total. The molecule has 1 fully saturated rings. The molecule has 1 aliphatic carbocycles. The average Bonchev–Trinajstić information content (AvgIpc) is 3.01. The minimum atomic E-state index is -4.81. The van der Waals surface area contributed by atoms with Crippen LogP contribution in [0.2, 0.25) is 0 Å². The van der Waals surface area contributed by atoms with Crippen LogP contribution in [-0.4, -0.2) is 59.6 Å². The molecule has 2 aromatic carbocycles. The molecule has 0 bridgehead atoms. The molecule has 2 aliphatic rings. The van der Waals surface area contributed by atoms with Crippen LogP contribution in [0.3, 0.4) is 0 Å². The highest BCUT2D eigenvalue weighted by molar-refractivity contribution is 5.89. The van der Waals surface area contributed by atoms with Gasteiger partial charge in [-0.15, -0.1) is 0 Å². The summed E-state index contributed by atoms with van der Waals surface area (Å²) in [7, 11) is 0.947. The van der Waals surface area contributed by atoms with Crippen LogP contribution in [0.5, 0.6) is 0 Å². The molecule has 1 saturated heterocycles. The van der Waals surface area contributed by atoms with E-state index in [1.54, 1.807) is 12.1 Å². The van der Waals surface area contributed by atoms with Crippen molar-refractivity contribution in [3.8, 4) is 0 Å². The molecule has 1 aliphatic heterocycles. The Morgan fingerprint density at radius 1 is 1.09 bits per heavy atom. The van der Waals surface area contributed by atoms with E-state index in [1.807, 2.05) is 12.1 Å². The quantitative estimate of drug-likeness (QED) is 0.621. The Bertz CT molecular complexity index is 1120. The third kappa shape index (κ3) is 4.48. The maximum absolute atomic E-state index is 14.9. The van der Waals surface area contributed by atoms with E-state index in [4.69, 9.17) is 0 Å². The van der Waals surface area contributed by atoms with Crippen LogP contribution < -0.4 is 5.32 Å². The lowest BCUT2D eigenvalue weighted by Gasteiger charge is -2.45. The van der Waals surface area contributed by atoms with Crippen molar-refractivity contribution in [2.45, 2.75) is 56.5 Å². The van der Waals surface area contributed by atoms with Crippen molar-refractivity contribution in [3.63, 3.8) is 0 Å². The zero-order valence-corrected chi connectivity index (χ0v) is 20.1. The molecule has 188 valence electrons. The second-order valence-electron chi connectivity index (χ2n) is 10.1. The van der Waals surface area contributed by atoms with Gasteiger partial charge in [0.1, 0.15) is 0 Å². The highest BCUT2D eigenvalue weighted by Gasteiger charge is 2.56. The Balaban J connectivity index is 1.51. The molecular weight excluding hydrogens is 462 g/mol. The number of carbonyl (C=O) groups is 2. The Kier molecular flexibility index (Phi) is 6.10. The largest absolute Gasteiger partial charge is 0.413 e. The summed E-state index contributed by atoms with van der Waals surface area (Å²) >= 11 is 0. The Labute approximate surface area is 202 Å². The number of anilines is 1. The summed E-state index contributed by atoms with van der Waals surface area (Å²) in [6.07, 6.45) is -4.02. The van der Waals surface area contributed by atoms with Crippen LogP contribution in [0.4, 0.5) is 23.2 Å². The first kappa shape index (κ1) is 25.0. The number of hydrogen-bond donors (Lipinski definition) is 1. The molecule has 1 heterocycles. The average molecular weight is 492 g/mol. The van der Waals surface area contributed by atoms with E-state index >= 15 is 0 Å². The fourth-order valence-corrected chi connectivity index (χ4v) is 5.17. The third-order valence-electron chi connectivity index (χ3n) is 7.30. The topological polar surface area (TPSA) is 52.7 Å². The zero-order chi connectivity index (χ0) is 25.8. The van der Waals surface area contributed by atoms with Gasteiger partial charge in [0.05, 0.1) is 13.1 Å². The predicted molar refractivity (Wildman–Crippen MR) is 125 cm³/mol. The number of carbonyl (C=O) groups excluding carboxylic acids is 2. The van der Waals surface area contributed by atoms with Crippen LogP contribution in [0.25, 0.3) is 0 Å². The second-order valence-corrected chi connectivity index (χ2v) is 10.1. The van der Waals surface area contributed by atoms with Crippen LogP contribution in [0.1, 0.15) is 43.5 Å². The van der Waals surface area contributed by atoms with Crippen LogP contribution in [0.15, 0.2) is 48.5 Å². The number of amides is 2. The van der Waals surface area contributed by atoms with Gasteiger partial charge in [0, 0.05) is 31.1 Å².